The fourth-order valence-electron chi connectivity index (χ4n) is 2.68. The van der Waals surface area contributed by atoms with Gasteiger partial charge in [0.2, 0.25) is 10.0 Å². The number of aromatic nitrogens is 1. The first-order valence-corrected chi connectivity index (χ1v) is 9.51. The van der Waals surface area contributed by atoms with Crippen molar-refractivity contribution < 1.29 is 13.2 Å². The summed E-state index contributed by atoms with van der Waals surface area (Å²) >= 11 is 5.94. The van der Waals surface area contributed by atoms with Crippen molar-refractivity contribution in [2.75, 3.05) is 19.3 Å². The minimum atomic E-state index is -3.13. The third-order valence-corrected chi connectivity index (χ3v) is 5.71. The molecule has 6 nitrogen and oxygen atoms in total. The van der Waals surface area contributed by atoms with Crippen molar-refractivity contribution in [3.05, 3.63) is 35.0 Å². The van der Waals surface area contributed by atoms with Gasteiger partial charge in [-0.25, -0.2) is 12.7 Å². The molecule has 124 valence electrons. The molecule has 1 unspecified atom stereocenters. The van der Waals surface area contributed by atoms with E-state index >= 15 is 0 Å². The molecule has 0 radical (unpaired) electrons. The first-order chi connectivity index (χ1) is 10.7. The Balaban J connectivity index is 1.64. The maximum Gasteiger partial charge on any atom is 0.267 e. The molecular formula is C15H18ClN3O3S. The van der Waals surface area contributed by atoms with Gasteiger partial charge >= 0.3 is 0 Å². The van der Waals surface area contributed by atoms with Crippen molar-refractivity contribution in [1.82, 2.24) is 14.6 Å². The summed E-state index contributed by atoms with van der Waals surface area (Å²) in [6.45, 7) is 2.78. The molecule has 0 saturated carbocycles. The van der Waals surface area contributed by atoms with Crippen molar-refractivity contribution in [1.29, 1.82) is 0 Å². The molecule has 8 heteroatoms. The number of carbonyl (C=O) groups excluding carboxylic acids is 1. The van der Waals surface area contributed by atoms with Gasteiger partial charge in [-0.1, -0.05) is 11.6 Å². The normalized spacial score (nSPS) is 17.9. The number of nitrogens with zero attached hydrogens (tertiary/aromatic N) is 1. The van der Waals surface area contributed by atoms with E-state index in [4.69, 9.17) is 11.6 Å². The molecule has 1 aromatic carbocycles. The molecule has 2 aromatic rings. The molecule has 1 aliphatic rings. The van der Waals surface area contributed by atoms with Crippen LogP contribution in [0.5, 0.6) is 0 Å². The van der Waals surface area contributed by atoms with E-state index in [-0.39, 0.29) is 17.9 Å². The summed E-state index contributed by atoms with van der Waals surface area (Å²) in [6.07, 6.45) is 1.20. The second-order valence-electron chi connectivity index (χ2n) is 6.02. The van der Waals surface area contributed by atoms with Gasteiger partial charge in [0.25, 0.3) is 5.91 Å². The summed E-state index contributed by atoms with van der Waals surface area (Å²) in [5.41, 5.74) is 1.31. The van der Waals surface area contributed by atoms with Crippen molar-refractivity contribution in [2.24, 2.45) is 5.92 Å². The topological polar surface area (TPSA) is 82.3 Å². The first-order valence-electron chi connectivity index (χ1n) is 7.28. The summed E-state index contributed by atoms with van der Waals surface area (Å²) in [7, 11) is -3.13. The average Bonchev–Trinajstić information content (AvgIpc) is 2.77. The molecule has 1 fully saturated rings. The maximum atomic E-state index is 12.3. The molecule has 1 aromatic heterocycles. The van der Waals surface area contributed by atoms with E-state index in [9.17, 15) is 13.2 Å². The maximum absolute atomic E-state index is 12.3. The minimum absolute atomic E-state index is 0.101. The van der Waals surface area contributed by atoms with Crippen LogP contribution in [0, 0.1) is 5.92 Å². The third-order valence-electron chi connectivity index (χ3n) is 4.24. The molecule has 2 N–H and O–H groups in total. The van der Waals surface area contributed by atoms with Gasteiger partial charge in [-0.05, 0) is 31.2 Å². The van der Waals surface area contributed by atoms with Gasteiger partial charge in [0.05, 0.1) is 6.26 Å². The van der Waals surface area contributed by atoms with Crippen LogP contribution in [0.4, 0.5) is 0 Å². The lowest BCUT2D eigenvalue weighted by Crippen LogP contribution is -2.57. The van der Waals surface area contributed by atoms with E-state index in [2.05, 4.69) is 10.3 Å². The number of sulfonamides is 1. The van der Waals surface area contributed by atoms with E-state index in [1.807, 2.05) is 13.0 Å². The number of rotatable bonds is 4. The van der Waals surface area contributed by atoms with Gasteiger partial charge in [-0.2, -0.15) is 0 Å². The lowest BCUT2D eigenvalue weighted by Gasteiger charge is -2.40. The standard InChI is InChI=1S/C15H18ClN3O3S/c1-9(11-7-19(8-11)23(2,21)22)17-15(20)14-6-10-5-12(16)3-4-13(10)18-14/h3-6,9,11,18H,7-8H2,1-2H3,(H,17,20). The highest BCUT2D eigenvalue weighted by Crippen LogP contribution is 2.23. The molecule has 1 aliphatic heterocycles. The lowest BCUT2D eigenvalue weighted by molar-refractivity contribution is 0.0882. The van der Waals surface area contributed by atoms with E-state index in [0.717, 1.165) is 10.9 Å². The molecule has 1 saturated heterocycles. The van der Waals surface area contributed by atoms with Crippen LogP contribution in [-0.2, 0) is 10.0 Å². The largest absolute Gasteiger partial charge is 0.351 e. The Hall–Kier alpha value is -1.57. The Labute approximate surface area is 139 Å². The van der Waals surface area contributed by atoms with Crippen molar-refractivity contribution in [3.63, 3.8) is 0 Å². The highest BCUT2D eigenvalue weighted by Gasteiger charge is 2.36. The number of halogens is 1. The number of hydrogen-bond donors (Lipinski definition) is 2. The molecule has 0 bridgehead atoms. The molecule has 1 atom stereocenters. The van der Waals surface area contributed by atoms with Crippen LogP contribution in [0.2, 0.25) is 5.02 Å². The molecule has 23 heavy (non-hydrogen) atoms. The summed E-state index contributed by atoms with van der Waals surface area (Å²) in [4.78, 5) is 15.4. The number of aromatic amines is 1. The number of nitrogens with one attached hydrogen (secondary N) is 2. The Bertz CT molecular complexity index is 856. The van der Waals surface area contributed by atoms with Crippen LogP contribution in [-0.4, -0.2) is 49.0 Å². The highest BCUT2D eigenvalue weighted by molar-refractivity contribution is 7.88. The van der Waals surface area contributed by atoms with Gasteiger partial charge < -0.3 is 10.3 Å². The number of fused-ring (bicyclic) bond motifs is 1. The summed E-state index contributed by atoms with van der Waals surface area (Å²) < 4.78 is 24.2. The Kier molecular flexibility index (Phi) is 4.12. The molecule has 1 amide bonds. The quantitative estimate of drug-likeness (QED) is 0.877. The molecular weight excluding hydrogens is 338 g/mol. The number of hydrogen-bond acceptors (Lipinski definition) is 3. The smallest absolute Gasteiger partial charge is 0.267 e. The van der Waals surface area contributed by atoms with E-state index in [1.165, 1.54) is 10.6 Å². The number of carbonyl (C=O) groups is 1. The average molecular weight is 356 g/mol. The SMILES string of the molecule is CC(NC(=O)c1cc2cc(Cl)ccc2[nH]1)C1CN(S(C)(=O)=O)C1. The van der Waals surface area contributed by atoms with Crippen LogP contribution in [0.1, 0.15) is 17.4 Å². The molecule has 0 aliphatic carbocycles. The van der Waals surface area contributed by atoms with Crippen molar-refractivity contribution >= 4 is 38.4 Å². The van der Waals surface area contributed by atoms with E-state index < -0.39 is 10.0 Å². The zero-order valence-electron chi connectivity index (χ0n) is 12.8. The second kappa shape index (κ2) is 5.81. The fraction of sp³-hybridized carbons (Fsp3) is 0.400. The summed E-state index contributed by atoms with van der Waals surface area (Å²) in [5.74, 6) is -0.0740. The van der Waals surface area contributed by atoms with E-state index in [0.29, 0.717) is 23.8 Å². The lowest BCUT2D eigenvalue weighted by atomic mass is 9.95. The van der Waals surface area contributed by atoms with Crippen LogP contribution < -0.4 is 5.32 Å². The van der Waals surface area contributed by atoms with Crippen LogP contribution in [0.25, 0.3) is 10.9 Å². The minimum Gasteiger partial charge on any atom is -0.351 e. The van der Waals surface area contributed by atoms with E-state index in [1.54, 1.807) is 18.2 Å². The molecule has 0 spiro atoms. The van der Waals surface area contributed by atoms with Gasteiger partial charge in [0, 0.05) is 41.0 Å². The van der Waals surface area contributed by atoms with Crippen LogP contribution in [0.3, 0.4) is 0 Å². The van der Waals surface area contributed by atoms with Crippen LogP contribution in [0.15, 0.2) is 24.3 Å². The zero-order valence-corrected chi connectivity index (χ0v) is 14.4. The number of benzene rings is 1. The molecule has 3 rings (SSSR count). The highest BCUT2D eigenvalue weighted by atomic mass is 35.5. The summed E-state index contributed by atoms with van der Waals surface area (Å²) in [5, 5.41) is 4.42. The zero-order chi connectivity index (χ0) is 16.8. The third kappa shape index (κ3) is 3.36. The molecule has 2 heterocycles. The van der Waals surface area contributed by atoms with Gasteiger partial charge in [-0.15, -0.1) is 0 Å². The van der Waals surface area contributed by atoms with Crippen molar-refractivity contribution in [2.45, 2.75) is 13.0 Å². The first kappa shape index (κ1) is 16.3. The summed E-state index contributed by atoms with van der Waals surface area (Å²) in [6, 6.07) is 7.04. The predicted octanol–water partition coefficient (Wildman–Crippen LogP) is 1.83. The Morgan fingerprint density at radius 1 is 1.39 bits per heavy atom. The number of amides is 1. The van der Waals surface area contributed by atoms with Crippen LogP contribution >= 0.6 is 11.6 Å². The Morgan fingerprint density at radius 3 is 2.74 bits per heavy atom. The van der Waals surface area contributed by atoms with Gasteiger partial charge in [-0.3, -0.25) is 4.79 Å². The second-order valence-corrected chi connectivity index (χ2v) is 8.44. The van der Waals surface area contributed by atoms with Crippen molar-refractivity contribution in [3.8, 4) is 0 Å². The van der Waals surface area contributed by atoms with Gasteiger partial charge in [0.1, 0.15) is 5.69 Å². The fourth-order valence-corrected chi connectivity index (χ4v) is 3.79. The monoisotopic (exact) mass is 355 g/mol. The Morgan fingerprint density at radius 2 is 2.09 bits per heavy atom. The predicted molar refractivity (Wildman–Crippen MR) is 90.1 cm³/mol. The number of H-pyrrole nitrogens is 1. The van der Waals surface area contributed by atoms with Gasteiger partial charge in [0.15, 0.2) is 0 Å².